The molecule has 7 nitrogen and oxygen atoms in total. The smallest absolute Gasteiger partial charge is 0.325 e. The number of carbonyl (C=O) groups is 2. The number of carbonyl (C=O) groups excluding carboxylic acids is 2. The van der Waals surface area contributed by atoms with Crippen LogP contribution in [0.3, 0.4) is 0 Å². The molecule has 1 rings (SSSR count). The third-order valence-electron chi connectivity index (χ3n) is 3.08. The van der Waals surface area contributed by atoms with Crippen molar-refractivity contribution >= 4 is 21.9 Å². The van der Waals surface area contributed by atoms with Gasteiger partial charge in [-0.15, -0.1) is 0 Å². The number of amides is 1. The van der Waals surface area contributed by atoms with Crippen LogP contribution in [0.4, 0.5) is 0 Å². The number of esters is 1. The zero-order valence-corrected chi connectivity index (χ0v) is 13.6. The molecule has 0 saturated heterocycles. The summed E-state index contributed by atoms with van der Waals surface area (Å²) in [6.45, 7) is 4.03. The summed E-state index contributed by atoms with van der Waals surface area (Å²) in [6, 6.07) is 5.56. The van der Waals surface area contributed by atoms with E-state index in [2.05, 4.69) is 10.1 Å². The van der Waals surface area contributed by atoms with Crippen molar-refractivity contribution in [1.29, 1.82) is 0 Å². The van der Waals surface area contributed by atoms with E-state index in [9.17, 15) is 18.0 Å². The highest BCUT2D eigenvalue weighted by Crippen LogP contribution is 2.16. The van der Waals surface area contributed by atoms with Crippen molar-refractivity contribution in [2.45, 2.75) is 18.7 Å². The maximum absolute atomic E-state index is 12.3. The molecule has 0 spiro atoms. The Morgan fingerprint density at radius 2 is 1.68 bits per heavy atom. The monoisotopic (exact) mass is 328 g/mol. The summed E-state index contributed by atoms with van der Waals surface area (Å²) in [5.41, 5.74) is 0.266. The summed E-state index contributed by atoms with van der Waals surface area (Å²) >= 11 is 0. The van der Waals surface area contributed by atoms with Crippen molar-refractivity contribution in [3.8, 4) is 0 Å². The van der Waals surface area contributed by atoms with Gasteiger partial charge in [-0.05, 0) is 24.3 Å². The van der Waals surface area contributed by atoms with Gasteiger partial charge in [0.25, 0.3) is 5.91 Å². The molecule has 0 aliphatic rings. The first-order chi connectivity index (χ1) is 10.4. The van der Waals surface area contributed by atoms with E-state index < -0.39 is 21.9 Å². The Kier molecular flexibility index (Phi) is 6.51. The van der Waals surface area contributed by atoms with Gasteiger partial charge in [-0.25, -0.2) is 8.42 Å². The van der Waals surface area contributed by atoms with Crippen LogP contribution in [0.2, 0.25) is 0 Å². The molecule has 0 heterocycles. The second-order valence-corrected chi connectivity index (χ2v) is 6.31. The summed E-state index contributed by atoms with van der Waals surface area (Å²) < 4.78 is 30.3. The summed E-state index contributed by atoms with van der Waals surface area (Å²) in [7, 11) is -2.32. The van der Waals surface area contributed by atoms with Crippen molar-refractivity contribution in [1.82, 2.24) is 9.62 Å². The van der Waals surface area contributed by atoms with E-state index in [1.165, 1.54) is 35.7 Å². The second kappa shape index (κ2) is 7.90. The largest absolute Gasteiger partial charge is 0.468 e. The fraction of sp³-hybridized carbons (Fsp3) is 0.429. The minimum absolute atomic E-state index is 0.126. The number of benzene rings is 1. The molecule has 0 aliphatic carbocycles. The van der Waals surface area contributed by atoms with Gasteiger partial charge in [0.1, 0.15) is 6.54 Å². The van der Waals surface area contributed by atoms with E-state index >= 15 is 0 Å². The van der Waals surface area contributed by atoms with Crippen LogP contribution in [-0.2, 0) is 19.6 Å². The van der Waals surface area contributed by atoms with Gasteiger partial charge in [-0.2, -0.15) is 4.31 Å². The molecule has 1 amide bonds. The maximum Gasteiger partial charge on any atom is 0.325 e. The average Bonchev–Trinajstić information content (AvgIpc) is 2.53. The molecule has 22 heavy (non-hydrogen) atoms. The third-order valence-corrected chi connectivity index (χ3v) is 5.14. The Balaban J connectivity index is 2.87. The van der Waals surface area contributed by atoms with Gasteiger partial charge < -0.3 is 10.1 Å². The Labute approximate surface area is 130 Å². The molecule has 0 radical (unpaired) electrons. The molecule has 1 aromatic carbocycles. The lowest BCUT2D eigenvalue weighted by Gasteiger charge is -2.18. The van der Waals surface area contributed by atoms with E-state index in [1.54, 1.807) is 13.8 Å². The van der Waals surface area contributed by atoms with Gasteiger partial charge in [0.05, 0.1) is 12.0 Å². The van der Waals surface area contributed by atoms with Crippen LogP contribution in [-0.4, -0.2) is 51.3 Å². The van der Waals surface area contributed by atoms with Crippen molar-refractivity contribution in [2.75, 3.05) is 26.7 Å². The van der Waals surface area contributed by atoms with E-state index in [-0.39, 0.29) is 17.0 Å². The number of nitrogens with zero attached hydrogens (tertiary/aromatic N) is 1. The predicted molar refractivity (Wildman–Crippen MR) is 80.9 cm³/mol. The number of ether oxygens (including phenoxy) is 1. The van der Waals surface area contributed by atoms with Crippen LogP contribution in [0, 0.1) is 0 Å². The molecule has 0 atom stereocenters. The van der Waals surface area contributed by atoms with Gasteiger partial charge in [-0.1, -0.05) is 13.8 Å². The predicted octanol–water partition coefficient (Wildman–Crippen LogP) is 0.620. The zero-order valence-electron chi connectivity index (χ0n) is 12.8. The first kappa shape index (κ1) is 18.1. The van der Waals surface area contributed by atoms with Crippen LogP contribution >= 0.6 is 0 Å². The molecule has 1 aromatic rings. The quantitative estimate of drug-likeness (QED) is 0.741. The zero-order chi connectivity index (χ0) is 16.8. The Hall–Kier alpha value is -1.93. The molecule has 0 unspecified atom stereocenters. The standard InChI is InChI=1S/C14H20N2O5S/c1-4-16(5-2)22(19,20)12-8-6-11(7-9-12)14(18)15-10-13(17)21-3/h6-9H,4-5,10H2,1-3H3,(H,15,18). The highest BCUT2D eigenvalue weighted by Gasteiger charge is 2.21. The first-order valence-corrected chi connectivity index (χ1v) is 8.26. The summed E-state index contributed by atoms with van der Waals surface area (Å²) in [5, 5.41) is 2.38. The number of hydrogen-bond donors (Lipinski definition) is 1. The van der Waals surface area contributed by atoms with Crippen molar-refractivity contribution in [3.63, 3.8) is 0 Å². The van der Waals surface area contributed by atoms with Crippen LogP contribution in [0.15, 0.2) is 29.2 Å². The molecule has 0 saturated carbocycles. The number of hydrogen-bond acceptors (Lipinski definition) is 5. The molecule has 0 fully saturated rings. The molecule has 0 bridgehead atoms. The lowest BCUT2D eigenvalue weighted by molar-refractivity contribution is -0.139. The van der Waals surface area contributed by atoms with Crippen LogP contribution in [0.1, 0.15) is 24.2 Å². The van der Waals surface area contributed by atoms with Gasteiger partial charge in [0, 0.05) is 18.7 Å². The third kappa shape index (κ3) is 4.28. The number of sulfonamides is 1. The first-order valence-electron chi connectivity index (χ1n) is 6.82. The molecule has 0 aromatic heterocycles. The minimum Gasteiger partial charge on any atom is -0.468 e. The molecule has 0 aliphatic heterocycles. The fourth-order valence-corrected chi connectivity index (χ4v) is 3.28. The van der Waals surface area contributed by atoms with E-state index in [1.807, 2.05) is 0 Å². The minimum atomic E-state index is -3.55. The van der Waals surface area contributed by atoms with E-state index in [0.29, 0.717) is 13.1 Å². The molecule has 122 valence electrons. The Morgan fingerprint density at radius 3 is 2.14 bits per heavy atom. The number of nitrogens with one attached hydrogen (secondary N) is 1. The lowest BCUT2D eigenvalue weighted by Crippen LogP contribution is -2.31. The highest BCUT2D eigenvalue weighted by molar-refractivity contribution is 7.89. The Bertz CT molecular complexity index is 621. The highest BCUT2D eigenvalue weighted by atomic mass is 32.2. The average molecular weight is 328 g/mol. The number of methoxy groups -OCH3 is 1. The van der Waals surface area contributed by atoms with E-state index in [0.717, 1.165) is 0 Å². The van der Waals surface area contributed by atoms with Crippen LogP contribution in [0.25, 0.3) is 0 Å². The van der Waals surface area contributed by atoms with Gasteiger partial charge >= 0.3 is 5.97 Å². The van der Waals surface area contributed by atoms with Gasteiger partial charge in [0.2, 0.25) is 10.0 Å². The maximum atomic E-state index is 12.3. The normalized spacial score (nSPS) is 11.3. The Morgan fingerprint density at radius 1 is 1.14 bits per heavy atom. The van der Waals surface area contributed by atoms with Gasteiger partial charge in [-0.3, -0.25) is 9.59 Å². The van der Waals surface area contributed by atoms with Crippen molar-refractivity contribution in [3.05, 3.63) is 29.8 Å². The summed E-state index contributed by atoms with van der Waals surface area (Å²) in [5.74, 6) is -1.04. The second-order valence-electron chi connectivity index (χ2n) is 4.37. The summed E-state index contributed by atoms with van der Waals surface area (Å²) in [4.78, 5) is 22.9. The molecule has 8 heteroatoms. The van der Waals surface area contributed by atoms with E-state index in [4.69, 9.17) is 0 Å². The molecule has 1 N–H and O–H groups in total. The molecular formula is C14H20N2O5S. The van der Waals surface area contributed by atoms with Gasteiger partial charge in [0.15, 0.2) is 0 Å². The van der Waals surface area contributed by atoms with Crippen molar-refractivity contribution in [2.24, 2.45) is 0 Å². The fourth-order valence-electron chi connectivity index (χ4n) is 1.82. The number of rotatable bonds is 7. The van der Waals surface area contributed by atoms with Crippen molar-refractivity contribution < 1.29 is 22.7 Å². The van der Waals surface area contributed by atoms with Crippen LogP contribution in [0.5, 0.6) is 0 Å². The molecular weight excluding hydrogens is 308 g/mol. The SMILES string of the molecule is CCN(CC)S(=O)(=O)c1ccc(C(=O)NCC(=O)OC)cc1. The lowest BCUT2D eigenvalue weighted by atomic mass is 10.2. The topological polar surface area (TPSA) is 92.8 Å². The summed E-state index contributed by atoms with van der Waals surface area (Å²) in [6.07, 6.45) is 0. The van der Waals surface area contributed by atoms with Crippen LogP contribution < -0.4 is 5.32 Å².